The third-order valence-corrected chi connectivity index (χ3v) is 3.13. The van der Waals surface area contributed by atoms with E-state index in [9.17, 15) is 9.59 Å². The van der Waals surface area contributed by atoms with Crippen molar-refractivity contribution in [3.63, 3.8) is 0 Å². The number of benzene rings is 1. The van der Waals surface area contributed by atoms with E-state index in [4.69, 9.17) is 15.2 Å². The van der Waals surface area contributed by atoms with Gasteiger partial charge in [0, 0.05) is 19.5 Å². The molecule has 0 bridgehead atoms. The molecule has 1 atom stereocenters. The number of esters is 2. The van der Waals surface area contributed by atoms with Crippen LogP contribution in [0.15, 0.2) is 24.3 Å². The van der Waals surface area contributed by atoms with Crippen LogP contribution in [0.5, 0.6) is 0 Å². The molecule has 2 rings (SSSR count). The van der Waals surface area contributed by atoms with E-state index in [1.165, 1.54) is 13.8 Å². The molecule has 1 heterocycles. The van der Waals surface area contributed by atoms with Crippen LogP contribution in [-0.4, -0.2) is 17.7 Å². The average molecular weight is 287 g/mol. The van der Waals surface area contributed by atoms with Crippen molar-refractivity contribution in [1.29, 1.82) is 0 Å². The Kier molecular flexibility index (Phi) is 3.90. The molecule has 0 spiro atoms. The number of carbonyl (C=O) groups excluding carboxylic acids is 2. The molecule has 1 aromatic carbocycles. The van der Waals surface area contributed by atoms with Gasteiger partial charge in [0.15, 0.2) is 5.92 Å². The standard InChI is InChI=1S/C16H17NO4/c1-4-5-12(10-6-8-11(17)9-7-10)13-14(18)20-16(2,3)21-15(13)19/h6-9,12-13H,17H2,1-3H3. The van der Waals surface area contributed by atoms with Crippen LogP contribution in [-0.2, 0) is 19.1 Å². The van der Waals surface area contributed by atoms with Gasteiger partial charge < -0.3 is 15.2 Å². The van der Waals surface area contributed by atoms with Crippen LogP contribution in [0, 0.1) is 17.8 Å². The zero-order chi connectivity index (χ0) is 15.6. The van der Waals surface area contributed by atoms with Crippen LogP contribution >= 0.6 is 0 Å². The fraction of sp³-hybridized carbons (Fsp3) is 0.375. The Hall–Kier alpha value is -2.48. The van der Waals surface area contributed by atoms with Gasteiger partial charge in [0.1, 0.15) is 0 Å². The minimum Gasteiger partial charge on any atom is -0.422 e. The van der Waals surface area contributed by atoms with E-state index < -0.39 is 29.6 Å². The van der Waals surface area contributed by atoms with E-state index >= 15 is 0 Å². The van der Waals surface area contributed by atoms with Crippen LogP contribution in [0.25, 0.3) is 0 Å². The summed E-state index contributed by atoms with van der Waals surface area (Å²) < 4.78 is 10.3. The van der Waals surface area contributed by atoms with E-state index in [1.54, 1.807) is 31.2 Å². The van der Waals surface area contributed by atoms with Crippen LogP contribution in [0.1, 0.15) is 32.3 Å². The lowest BCUT2D eigenvalue weighted by Gasteiger charge is -2.34. The van der Waals surface area contributed by atoms with Crippen LogP contribution in [0.4, 0.5) is 5.69 Å². The summed E-state index contributed by atoms with van der Waals surface area (Å²) in [7, 11) is 0. The summed E-state index contributed by atoms with van der Waals surface area (Å²) in [5.41, 5.74) is 6.96. The van der Waals surface area contributed by atoms with Gasteiger partial charge in [-0.3, -0.25) is 9.59 Å². The molecule has 5 nitrogen and oxygen atoms in total. The van der Waals surface area contributed by atoms with Gasteiger partial charge in [-0.05, 0) is 24.6 Å². The minimum absolute atomic E-state index is 0.594. The Morgan fingerprint density at radius 1 is 1.14 bits per heavy atom. The molecule has 21 heavy (non-hydrogen) atoms. The third-order valence-electron chi connectivity index (χ3n) is 3.13. The average Bonchev–Trinajstić information content (AvgIpc) is 2.36. The molecule has 1 saturated heterocycles. The van der Waals surface area contributed by atoms with Crippen molar-refractivity contribution >= 4 is 17.6 Å². The molecule has 0 aliphatic carbocycles. The SMILES string of the molecule is CC#CC(c1ccc(N)cc1)C1C(=O)OC(C)(C)OC1=O. The molecular weight excluding hydrogens is 270 g/mol. The van der Waals surface area contributed by atoms with Crippen molar-refractivity contribution in [2.75, 3.05) is 5.73 Å². The second-order valence-corrected chi connectivity index (χ2v) is 5.26. The van der Waals surface area contributed by atoms with Gasteiger partial charge in [-0.15, -0.1) is 5.92 Å². The van der Waals surface area contributed by atoms with E-state index in [-0.39, 0.29) is 0 Å². The molecule has 1 unspecified atom stereocenters. The minimum atomic E-state index is -1.24. The number of cyclic esters (lactones) is 2. The number of nitrogen functional groups attached to an aromatic ring is 1. The molecule has 1 aliphatic heterocycles. The van der Waals surface area contributed by atoms with Crippen LogP contribution in [0.3, 0.4) is 0 Å². The number of ether oxygens (including phenoxy) is 2. The highest BCUT2D eigenvalue weighted by atomic mass is 16.7. The zero-order valence-electron chi connectivity index (χ0n) is 12.2. The highest BCUT2D eigenvalue weighted by Crippen LogP contribution is 2.33. The Labute approximate surface area is 123 Å². The fourth-order valence-corrected chi connectivity index (χ4v) is 2.22. The smallest absolute Gasteiger partial charge is 0.325 e. The quantitative estimate of drug-likeness (QED) is 0.388. The molecule has 0 amide bonds. The topological polar surface area (TPSA) is 78.6 Å². The van der Waals surface area contributed by atoms with E-state index in [2.05, 4.69) is 11.8 Å². The molecule has 2 N–H and O–H groups in total. The van der Waals surface area contributed by atoms with Gasteiger partial charge in [0.05, 0.1) is 5.92 Å². The number of rotatable bonds is 2. The maximum Gasteiger partial charge on any atom is 0.325 e. The highest BCUT2D eigenvalue weighted by molar-refractivity contribution is 5.98. The highest BCUT2D eigenvalue weighted by Gasteiger charge is 2.47. The molecular formula is C16H17NO4. The van der Waals surface area contributed by atoms with E-state index in [0.29, 0.717) is 5.69 Å². The van der Waals surface area contributed by atoms with Crippen LogP contribution in [0.2, 0.25) is 0 Å². The summed E-state index contributed by atoms with van der Waals surface area (Å²) in [4.78, 5) is 24.3. The summed E-state index contributed by atoms with van der Waals surface area (Å²) in [6, 6.07) is 6.88. The first-order valence-electron chi connectivity index (χ1n) is 6.57. The van der Waals surface area contributed by atoms with Gasteiger partial charge in [0.25, 0.3) is 5.79 Å². The largest absolute Gasteiger partial charge is 0.422 e. The lowest BCUT2D eigenvalue weighted by atomic mass is 9.85. The fourth-order valence-electron chi connectivity index (χ4n) is 2.22. The zero-order valence-corrected chi connectivity index (χ0v) is 12.2. The van der Waals surface area contributed by atoms with E-state index in [0.717, 1.165) is 5.56 Å². The van der Waals surface area contributed by atoms with Crippen molar-refractivity contribution in [3.05, 3.63) is 29.8 Å². The molecule has 1 aliphatic rings. The molecule has 110 valence electrons. The van der Waals surface area contributed by atoms with Crippen molar-refractivity contribution < 1.29 is 19.1 Å². The van der Waals surface area contributed by atoms with Gasteiger partial charge in [-0.25, -0.2) is 0 Å². The maximum absolute atomic E-state index is 12.2. The first kappa shape index (κ1) is 14.9. The summed E-state index contributed by atoms with van der Waals surface area (Å²) in [6.45, 7) is 4.68. The van der Waals surface area contributed by atoms with Gasteiger partial charge in [0.2, 0.25) is 0 Å². The summed E-state index contributed by atoms with van der Waals surface area (Å²) >= 11 is 0. The molecule has 0 saturated carbocycles. The Bertz CT molecular complexity index is 602. The first-order chi connectivity index (χ1) is 9.84. The van der Waals surface area contributed by atoms with Crippen molar-refractivity contribution in [2.45, 2.75) is 32.5 Å². The molecule has 5 heteroatoms. The number of hydrogen-bond acceptors (Lipinski definition) is 5. The molecule has 0 aromatic heterocycles. The van der Waals surface area contributed by atoms with Crippen molar-refractivity contribution in [3.8, 4) is 11.8 Å². The monoisotopic (exact) mass is 287 g/mol. The predicted octanol–water partition coefficient (Wildman–Crippen LogP) is 1.83. The Balaban J connectivity index is 2.38. The second kappa shape index (κ2) is 5.49. The van der Waals surface area contributed by atoms with Crippen LogP contribution < -0.4 is 5.73 Å². The number of carbonyl (C=O) groups is 2. The first-order valence-corrected chi connectivity index (χ1v) is 6.57. The number of anilines is 1. The number of nitrogens with two attached hydrogens (primary N) is 1. The Morgan fingerprint density at radius 3 is 2.14 bits per heavy atom. The normalized spacial score (nSPS) is 19.0. The Morgan fingerprint density at radius 2 is 1.67 bits per heavy atom. The summed E-state index contributed by atoms with van der Waals surface area (Å²) in [6.07, 6.45) is 0. The van der Waals surface area contributed by atoms with Gasteiger partial charge in [-0.2, -0.15) is 0 Å². The summed E-state index contributed by atoms with van der Waals surface area (Å²) in [5, 5.41) is 0. The van der Waals surface area contributed by atoms with Gasteiger partial charge >= 0.3 is 11.9 Å². The van der Waals surface area contributed by atoms with Crippen molar-refractivity contribution in [2.24, 2.45) is 5.92 Å². The predicted molar refractivity (Wildman–Crippen MR) is 76.8 cm³/mol. The molecule has 0 radical (unpaired) electrons. The lowest BCUT2D eigenvalue weighted by molar-refractivity contribution is -0.240. The van der Waals surface area contributed by atoms with Crippen molar-refractivity contribution in [1.82, 2.24) is 0 Å². The number of hydrogen-bond donors (Lipinski definition) is 1. The third kappa shape index (κ3) is 3.16. The maximum atomic E-state index is 12.2. The van der Waals surface area contributed by atoms with Gasteiger partial charge in [-0.1, -0.05) is 18.1 Å². The lowest BCUT2D eigenvalue weighted by Crippen LogP contribution is -2.48. The van der Waals surface area contributed by atoms with E-state index in [1.807, 2.05) is 0 Å². The second-order valence-electron chi connectivity index (χ2n) is 5.26. The molecule has 1 fully saturated rings. The summed E-state index contributed by atoms with van der Waals surface area (Å²) in [5.74, 6) is 1.43. The molecule has 1 aromatic rings.